The van der Waals surface area contributed by atoms with Crippen molar-refractivity contribution < 1.29 is 18.7 Å². The van der Waals surface area contributed by atoms with E-state index in [9.17, 15) is 14.0 Å². The van der Waals surface area contributed by atoms with Gasteiger partial charge in [-0.1, -0.05) is 0 Å². The van der Waals surface area contributed by atoms with Crippen molar-refractivity contribution in [3.05, 3.63) is 41.2 Å². The summed E-state index contributed by atoms with van der Waals surface area (Å²) in [6.07, 6.45) is 2.35. The summed E-state index contributed by atoms with van der Waals surface area (Å²) in [6, 6.07) is 5.42. The Labute approximate surface area is 143 Å². The largest absolute Gasteiger partial charge is 0.467 e. The molecule has 1 saturated heterocycles. The van der Waals surface area contributed by atoms with Crippen LogP contribution in [0.15, 0.2) is 29.6 Å². The highest BCUT2D eigenvalue weighted by Gasteiger charge is 2.34. The van der Waals surface area contributed by atoms with Gasteiger partial charge in [0.15, 0.2) is 0 Å². The third-order valence-electron chi connectivity index (χ3n) is 4.05. The highest BCUT2D eigenvalue weighted by Crippen LogP contribution is 2.26. The number of methoxy groups -OCH3 is 1. The normalized spacial score (nSPS) is 17.6. The van der Waals surface area contributed by atoms with Gasteiger partial charge in [-0.2, -0.15) is 0 Å². The van der Waals surface area contributed by atoms with E-state index in [0.29, 0.717) is 23.7 Å². The topological polar surface area (TPSA) is 59.5 Å². The average molecular weight is 348 g/mol. The quantitative estimate of drug-likeness (QED) is 0.800. The third-order valence-corrected chi connectivity index (χ3v) is 4.94. The summed E-state index contributed by atoms with van der Waals surface area (Å²) in [5, 5.41) is 2.31. The molecule has 1 aromatic carbocycles. The summed E-state index contributed by atoms with van der Waals surface area (Å²) in [6.45, 7) is 0.516. The number of carbonyl (C=O) groups is 2. The van der Waals surface area contributed by atoms with Crippen molar-refractivity contribution in [3.8, 4) is 10.6 Å². The van der Waals surface area contributed by atoms with Crippen LogP contribution in [0.5, 0.6) is 0 Å². The number of halogens is 1. The number of ether oxygens (including phenoxy) is 1. The van der Waals surface area contributed by atoms with Crippen molar-refractivity contribution in [2.45, 2.75) is 25.3 Å². The second kappa shape index (κ2) is 7.09. The molecule has 1 unspecified atom stereocenters. The summed E-state index contributed by atoms with van der Waals surface area (Å²) in [7, 11) is 1.33. The van der Waals surface area contributed by atoms with Crippen LogP contribution in [0.3, 0.4) is 0 Å². The minimum Gasteiger partial charge on any atom is -0.467 e. The molecule has 1 atom stereocenters. The Hall–Kier alpha value is -2.28. The molecule has 3 rings (SSSR count). The van der Waals surface area contributed by atoms with E-state index in [1.807, 2.05) is 0 Å². The molecule has 1 aromatic heterocycles. The molecule has 0 aliphatic carbocycles. The minimum atomic E-state index is -0.549. The molecule has 2 heterocycles. The lowest BCUT2D eigenvalue weighted by atomic mass is 10.0. The van der Waals surface area contributed by atoms with Crippen molar-refractivity contribution in [1.29, 1.82) is 0 Å². The highest BCUT2D eigenvalue weighted by molar-refractivity contribution is 7.13. The van der Waals surface area contributed by atoms with Gasteiger partial charge in [-0.25, -0.2) is 14.2 Å². The zero-order valence-corrected chi connectivity index (χ0v) is 14.0. The second-order valence-corrected chi connectivity index (χ2v) is 6.44. The lowest BCUT2D eigenvalue weighted by Crippen LogP contribution is -2.48. The maximum Gasteiger partial charge on any atom is 0.328 e. The molecule has 0 radical (unpaired) electrons. The number of thiazole rings is 1. The molecular weight excluding hydrogens is 331 g/mol. The van der Waals surface area contributed by atoms with E-state index in [1.54, 1.807) is 22.4 Å². The number of rotatable bonds is 3. The molecule has 7 heteroatoms. The molecule has 1 fully saturated rings. The van der Waals surface area contributed by atoms with Crippen LogP contribution in [0.4, 0.5) is 4.39 Å². The number of nitrogens with zero attached hydrogens (tertiary/aromatic N) is 2. The number of amides is 1. The van der Waals surface area contributed by atoms with Gasteiger partial charge in [0.05, 0.1) is 7.11 Å². The number of hydrogen-bond donors (Lipinski definition) is 0. The first-order valence-electron chi connectivity index (χ1n) is 7.70. The third kappa shape index (κ3) is 3.31. The molecule has 2 aromatic rings. The van der Waals surface area contributed by atoms with Crippen LogP contribution in [0, 0.1) is 5.82 Å². The highest BCUT2D eigenvalue weighted by atomic mass is 32.1. The van der Waals surface area contributed by atoms with Gasteiger partial charge in [-0.15, -0.1) is 11.3 Å². The maximum absolute atomic E-state index is 13.0. The smallest absolute Gasteiger partial charge is 0.328 e. The van der Waals surface area contributed by atoms with Gasteiger partial charge in [-0.3, -0.25) is 4.79 Å². The van der Waals surface area contributed by atoms with Crippen LogP contribution in [-0.2, 0) is 9.53 Å². The van der Waals surface area contributed by atoms with Crippen LogP contribution in [0.25, 0.3) is 10.6 Å². The average Bonchev–Trinajstić information content (AvgIpc) is 3.11. The minimum absolute atomic E-state index is 0.269. The molecule has 0 spiro atoms. The predicted molar refractivity (Wildman–Crippen MR) is 88.2 cm³/mol. The molecule has 126 valence electrons. The van der Waals surface area contributed by atoms with E-state index in [4.69, 9.17) is 4.74 Å². The number of likely N-dealkylation sites (tertiary alicyclic amines) is 1. The Kier molecular flexibility index (Phi) is 4.89. The van der Waals surface area contributed by atoms with Crippen LogP contribution in [0.1, 0.15) is 29.8 Å². The van der Waals surface area contributed by atoms with Crippen LogP contribution in [-0.4, -0.2) is 41.5 Å². The van der Waals surface area contributed by atoms with E-state index in [0.717, 1.165) is 18.4 Å². The van der Waals surface area contributed by atoms with Crippen molar-refractivity contribution in [2.75, 3.05) is 13.7 Å². The molecule has 1 aliphatic heterocycles. The van der Waals surface area contributed by atoms with Crippen LogP contribution < -0.4 is 0 Å². The van der Waals surface area contributed by atoms with Gasteiger partial charge in [0, 0.05) is 17.5 Å². The first kappa shape index (κ1) is 16.6. The Morgan fingerprint density at radius 2 is 2.04 bits per heavy atom. The number of aromatic nitrogens is 1. The molecule has 0 saturated carbocycles. The van der Waals surface area contributed by atoms with Gasteiger partial charge in [0.25, 0.3) is 5.91 Å². The summed E-state index contributed by atoms with van der Waals surface area (Å²) < 4.78 is 17.8. The first-order valence-corrected chi connectivity index (χ1v) is 8.58. The number of carbonyl (C=O) groups excluding carboxylic acids is 2. The Bertz CT molecular complexity index is 745. The SMILES string of the molecule is COC(=O)C1CCCCN1C(=O)c1csc(-c2ccc(F)cc2)n1. The van der Waals surface area contributed by atoms with Crippen LogP contribution in [0.2, 0.25) is 0 Å². The maximum atomic E-state index is 13.0. The summed E-state index contributed by atoms with van der Waals surface area (Å²) in [4.78, 5) is 30.5. The fourth-order valence-electron chi connectivity index (χ4n) is 2.80. The van der Waals surface area contributed by atoms with Crippen molar-refractivity contribution in [2.24, 2.45) is 0 Å². The first-order chi connectivity index (χ1) is 11.6. The van der Waals surface area contributed by atoms with Crippen LogP contribution >= 0.6 is 11.3 Å². The summed E-state index contributed by atoms with van der Waals surface area (Å²) in [5.74, 6) is -0.979. The van der Waals surface area contributed by atoms with Gasteiger partial charge in [-0.05, 0) is 43.5 Å². The van der Waals surface area contributed by atoms with E-state index < -0.39 is 12.0 Å². The molecule has 1 amide bonds. The molecule has 1 aliphatic rings. The number of hydrogen-bond acceptors (Lipinski definition) is 5. The molecular formula is C17H17FN2O3S. The lowest BCUT2D eigenvalue weighted by molar-refractivity contribution is -0.147. The number of benzene rings is 1. The van der Waals surface area contributed by atoms with Gasteiger partial charge >= 0.3 is 5.97 Å². The molecule has 0 bridgehead atoms. The second-order valence-electron chi connectivity index (χ2n) is 5.58. The van der Waals surface area contributed by atoms with Crippen molar-refractivity contribution in [3.63, 3.8) is 0 Å². The lowest BCUT2D eigenvalue weighted by Gasteiger charge is -2.33. The Morgan fingerprint density at radius 1 is 1.29 bits per heavy atom. The van der Waals surface area contributed by atoms with Gasteiger partial charge < -0.3 is 9.64 Å². The molecule has 0 N–H and O–H groups in total. The van der Waals surface area contributed by atoms with Gasteiger partial charge in [0.2, 0.25) is 0 Å². The van der Waals surface area contributed by atoms with Crippen molar-refractivity contribution in [1.82, 2.24) is 9.88 Å². The van der Waals surface area contributed by atoms with Gasteiger partial charge in [0.1, 0.15) is 22.6 Å². The molecule has 5 nitrogen and oxygen atoms in total. The fraction of sp³-hybridized carbons (Fsp3) is 0.353. The Balaban J connectivity index is 1.82. The van der Waals surface area contributed by atoms with E-state index >= 15 is 0 Å². The fourth-order valence-corrected chi connectivity index (χ4v) is 3.60. The number of esters is 1. The standard InChI is InChI=1S/C17H17FN2O3S/c1-23-17(22)14-4-2-3-9-20(14)16(21)13-10-24-15(19-13)11-5-7-12(18)8-6-11/h5-8,10,14H,2-4,9H2,1H3. The number of piperidine rings is 1. The predicted octanol–water partition coefficient (Wildman–Crippen LogP) is 3.12. The van der Waals surface area contributed by atoms with E-state index in [-0.39, 0.29) is 11.7 Å². The van der Waals surface area contributed by atoms with E-state index in [1.165, 1.54) is 30.6 Å². The zero-order valence-electron chi connectivity index (χ0n) is 13.2. The van der Waals surface area contributed by atoms with Crippen molar-refractivity contribution >= 4 is 23.2 Å². The zero-order chi connectivity index (χ0) is 17.1. The molecule has 24 heavy (non-hydrogen) atoms. The Morgan fingerprint density at radius 3 is 2.75 bits per heavy atom. The summed E-state index contributed by atoms with van der Waals surface area (Å²) >= 11 is 1.32. The van der Waals surface area contributed by atoms with E-state index in [2.05, 4.69) is 4.98 Å². The summed E-state index contributed by atoms with van der Waals surface area (Å²) in [5.41, 5.74) is 1.05. The monoisotopic (exact) mass is 348 g/mol.